The standard InChI is InChI=1S/C13H15N3O3S/c1-18-10-9(14)11(13(17)19-2)20-12(10)16-7-8-4-3-5-15-6-8/h3-6,16H,7,14H2,1-2H3. The van der Waals surface area contributed by atoms with Crippen LogP contribution in [-0.4, -0.2) is 25.2 Å². The van der Waals surface area contributed by atoms with Crippen molar-refractivity contribution in [3.8, 4) is 5.75 Å². The molecule has 2 heterocycles. The van der Waals surface area contributed by atoms with Gasteiger partial charge in [0.15, 0.2) is 5.75 Å². The van der Waals surface area contributed by atoms with E-state index >= 15 is 0 Å². The highest BCUT2D eigenvalue weighted by atomic mass is 32.1. The first kappa shape index (κ1) is 14.1. The number of carbonyl (C=O) groups is 1. The van der Waals surface area contributed by atoms with E-state index in [9.17, 15) is 4.79 Å². The lowest BCUT2D eigenvalue weighted by Crippen LogP contribution is -2.02. The number of carbonyl (C=O) groups excluding carboxylic acids is 1. The third-order valence-corrected chi connectivity index (χ3v) is 3.77. The number of nitrogens with one attached hydrogen (secondary N) is 1. The maximum absolute atomic E-state index is 11.6. The Morgan fingerprint density at radius 3 is 2.90 bits per heavy atom. The normalized spacial score (nSPS) is 10.1. The molecule has 0 spiro atoms. The van der Waals surface area contributed by atoms with Crippen LogP contribution in [0.15, 0.2) is 24.5 Å². The van der Waals surface area contributed by atoms with Gasteiger partial charge in [0, 0.05) is 18.9 Å². The summed E-state index contributed by atoms with van der Waals surface area (Å²) in [6, 6.07) is 3.81. The van der Waals surface area contributed by atoms with E-state index in [2.05, 4.69) is 10.3 Å². The van der Waals surface area contributed by atoms with Crippen molar-refractivity contribution in [1.29, 1.82) is 0 Å². The van der Waals surface area contributed by atoms with Gasteiger partial charge in [-0.1, -0.05) is 6.07 Å². The number of pyridine rings is 1. The molecule has 0 bridgehead atoms. The summed E-state index contributed by atoms with van der Waals surface area (Å²) >= 11 is 1.21. The second-order valence-electron chi connectivity index (χ2n) is 3.91. The Morgan fingerprint density at radius 1 is 1.50 bits per heavy atom. The van der Waals surface area contributed by atoms with Crippen LogP contribution in [0, 0.1) is 0 Å². The lowest BCUT2D eigenvalue weighted by Gasteiger charge is -2.06. The van der Waals surface area contributed by atoms with Crippen molar-refractivity contribution in [1.82, 2.24) is 4.98 Å². The van der Waals surface area contributed by atoms with Crippen LogP contribution in [0.5, 0.6) is 5.75 Å². The van der Waals surface area contributed by atoms with Crippen LogP contribution in [-0.2, 0) is 11.3 Å². The molecule has 0 saturated heterocycles. The molecule has 0 atom stereocenters. The lowest BCUT2D eigenvalue weighted by molar-refractivity contribution is 0.0607. The molecule has 0 radical (unpaired) electrons. The molecule has 0 unspecified atom stereocenters. The van der Waals surface area contributed by atoms with Crippen molar-refractivity contribution in [3.05, 3.63) is 35.0 Å². The van der Waals surface area contributed by atoms with Crippen molar-refractivity contribution >= 4 is 28.0 Å². The number of anilines is 2. The SMILES string of the molecule is COC(=O)c1sc(NCc2cccnc2)c(OC)c1N. The molecule has 3 N–H and O–H groups in total. The topological polar surface area (TPSA) is 86.5 Å². The number of nitrogen functional groups attached to an aromatic ring is 1. The fraction of sp³-hybridized carbons (Fsp3) is 0.231. The van der Waals surface area contributed by atoms with E-state index in [-0.39, 0.29) is 5.69 Å². The van der Waals surface area contributed by atoms with Gasteiger partial charge in [-0.25, -0.2) is 4.79 Å². The van der Waals surface area contributed by atoms with Crippen molar-refractivity contribution in [2.75, 3.05) is 25.3 Å². The predicted octanol–water partition coefficient (Wildman–Crippen LogP) is 2.13. The smallest absolute Gasteiger partial charge is 0.350 e. The third kappa shape index (κ3) is 2.83. The van der Waals surface area contributed by atoms with Crippen LogP contribution in [0.2, 0.25) is 0 Å². The molecular weight excluding hydrogens is 278 g/mol. The van der Waals surface area contributed by atoms with E-state index in [4.69, 9.17) is 15.2 Å². The molecule has 7 heteroatoms. The molecule has 0 saturated carbocycles. The van der Waals surface area contributed by atoms with Gasteiger partial charge >= 0.3 is 5.97 Å². The van der Waals surface area contributed by atoms with E-state index in [1.807, 2.05) is 12.1 Å². The summed E-state index contributed by atoms with van der Waals surface area (Å²) in [7, 11) is 2.82. The van der Waals surface area contributed by atoms with Crippen molar-refractivity contribution in [3.63, 3.8) is 0 Å². The lowest BCUT2D eigenvalue weighted by atomic mass is 10.3. The number of hydrogen-bond donors (Lipinski definition) is 2. The number of methoxy groups -OCH3 is 2. The molecular formula is C13H15N3O3S. The van der Waals surface area contributed by atoms with Crippen LogP contribution >= 0.6 is 11.3 Å². The highest BCUT2D eigenvalue weighted by Crippen LogP contribution is 2.42. The molecule has 0 aliphatic rings. The Kier molecular flexibility index (Phi) is 4.41. The van der Waals surface area contributed by atoms with Gasteiger partial charge < -0.3 is 20.5 Å². The van der Waals surface area contributed by atoms with Gasteiger partial charge in [0.1, 0.15) is 15.6 Å². The van der Waals surface area contributed by atoms with Gasteiger partial charge in [-0.05, 0) is 11.6 Å². The van der Waals surface area contributed by atoms with E-state index in [0.29, 0.717) is 22.2 Å². The molecule has 0 aliphatic carbocycles. The highest BCUT2D eigenvalue weighted by molar-refractivity contribution is 7.19. The van der Waals surface area contributed by atoms with Gasteiger partial charge in [-0.2, -0.15) is 0 Å². The quantitative estimate of drug-likeness (QED) is 0.821. The Hall–Kier alpha value is -2.28. The molecule has 106 valence electrons. The number of hydrogen-bond acceptors (Lipinski definition) is 7. The fourth-order valence-electron chi connectivity index (χ4n) is 1.68. The van der Waals surface area contributed by atoms with Crippen LogP contribution in [0.1, 0.15) is 15.2 Å². The average Bonchev–Trinajstić information content (AvgIpc) is 2.81. The van der Waals surface area contributed by atoms with E-state index in [1.54, 1.807) is 12.4 Å². The van der Waals surface area contributed by atoms with Crippen LogP contribution < -0.4 is 15.8 Å². The zero-order valence-corrected chi connectivity index (χ0v) is 12.0. The van der Waals surface area contributed by atoms with Crippen molar-refractivity contribution < 1.29 is 14.3 Å². The van der Waals surface area contributed by atoms with Crippen LogP contribution in [0.3, 0.4) is 0 Å². The zero-order chi connectivity index (χ0) is 14.5. The van der Waals surface area contributed by atoms with Gasteiger partial charge in [-0.3, -0.25) is 4.98 Å². The molecule has 6 nitrogen and oxygen atoms in total. The minimum atomic E-state index is -0.472. The monoisotopic (exact) mass is 293 g/mol. The number of ether oxygens (including phenoxy) is 2. The first-order valence-electron chi connectivity index (χ1n) is 5.84. The van der Waals surface area contributed by atoms with Crippen molar-refractivity contribution in [2.45, 2.75) is 6.54 Å². The summed E-state index contributed by atoms with van der Waals surface area (Å²) in [5.74, 6) is -0.0143. The Labute approximate surface area is 120 Å². The summed E-state index contributed by atoms with van der Waals surface area (Å²) in [4.78, 5) is 16.0. The highest BCUT2D eigenvalue weighted by Gasteiger charge is 2.22. The van der Waals surface area contributed by atoms with Crippen LogP contribution in [0.4, 0.5) is 10.7 Å². The molecule has 0 amide bonds. The molecule has 0 fully saturated rings. The maximum atomic E-state index is 11.6. The first-order valence-corrected chi connectivity index (χ1v) is 6.66. The number of rotatable bonds is 5. The Morgan fingerprint density at radius 2 is 2.30 bits per heavy atom. The molecule has 0 aromatic carbocycles. The van der Waals surface area contributed by atoms with Gasteiger partial charge in [0.2, 0.25) is 0 Å². The number of nitrogens with zero attached hydrogens (tertiary/aromatic N) is 1. The minimum absolute atomic E-state index is 0.290. The summed E-state index contributed by atoms with van der Waals surface area (Å²) in [5, 5.41) is 3.88. The van der Waals surface area contributed by atoms with Gasteiger partial charge in [-0.15, -0.1) is 11.3 Å². The van der Waals surface area contributed by atoms with Gasteiger partial charge in [0.25, 0.3) is 0 Å². The van der Waals surface area contributed by atoms with E-state index in [1.165, 1.54) is 25.6 Å². The fourth-order valence-corrected chi connectivity index (χ4v) is 2.68. The van der Waals surface area contributed by atoms with E-state index in [0.717, 1.165) is 5.56 Å². The second-order valence-corrected chi connectivity index (χ2v) is 4.93. The molecule has 0 aliphatic heterocycles. The summed E-state index contributed by atoms with van der Waals surface area (Å²) in [6.07, 6.45) is 3.47. The second kappa shape index (κ2) is 6.25. The number of nitrogens with two attached hydrogens (primary N) is 1. The average molecular weight is 293 g/mol. The zero-order valence-electron chi connectivity index (χ0n) is 11.2. The molecule has 2 aromatic heterocycles. The van der Waals surface area contributed by atoms with Crippen molar-refractivity contribution in [2.24, 2.45) is 0 Å². The largest absolute Gasteiger partial charge is 0.492 e. The van der Waals surface area contributed by atoms with Gasteiger partial charge in [0.05, 0.1) is 14.2 Å². The number of esters is 1. The predicted molar refractivity (Wildman–Crippen MR) is 78.2 cm³/mol. The molecule has 2 aromatic rings. The third-order valence-electron chi connectivity index (χ3n) is 2.65. The number of thiophene rings is 1. The van der Waals surface area contributed by atoms with E-state index < -0.39 is 5.97 Å². The maximum Gasteiger partial charge on any atom is 0.350 e. The minimum Gasteiger partial charge on any atom is -0.492 e. The Bertz CT molecular complexity index is 598. The summed E-state index contributed by atoms with van der Waals surface area (Å²) < 4.78 is 9.93. The van der Waals surface area contributed by atoms with Crippen LogP contribution in [0.25, 0.3) is 0 Å². The summed E-state index contributed by atoms with van der Waals surface area (Å²) in [5.41, 5.74) is 7.20. The molecule has 20 heavy (non-hydrogen) atoms. The number of aromatic nitrogens is 1. The summed E-state index contributed by atoms with van der Waals surface area (Å²) in [6.45, 7) is 0.560. The Balaban J connectivity index is 2.21. The first-order chi connectivity index (χ1) is 9.67. The molecule has 2 rings (SSSR count).